The lowest BCUT2D eigenvalue weighted by Gasteiger charge is -2.14. The van der Waals surface area contributed by atoms with Crippen molar-refractivity contribution in [2.45, 2.75) is 53.9 Å². The molecule has 8 heteroatoms. The Morgan fingerprint density at radius 3 is 2.30 bits per heavy atom. The predicted octanol–water partition coefficient (Wildman–Crippen LogP) is 1.99. The zero-order valence-corrected chi connectivity index (χ0v) is 18.0. The topological polar surface area (TPSA) is 90.9 Å². The number of rotatable bonds is 8. The fourth-order valence-corrected chi connectivity index (χ4v) is 3.44. The average molecular weight is 412 g/mol. The number of imidazole rings is 1. The monoisotopic (exact) mass is 411 g/mol. The van der Waals surface area contributed by atoms with Crippen molar-refractivity contribution in [2.24, 2.45) is 11.8 Å². The third kappa shape index (κ3) is 4.69. The summed E-state index contributed by atoms with van der Waals surface area (Å²) in [7, 11) is 0. The molecule has 3 aromatic rings. The first kappa shape index (κ1) is 21.5. The number of carbonyl (C=O) groups is 1. The molecule has 0 unspecified atom stereocenters. The number of nitrogens with zero attached hydrogens (tertiary/aromatic N) is 4. The first-order valence-corrected chi connectivity index (χ1v) is 10.3. The molecule has 2 heterocycles. The number of carbonyl (C=O) groups excluding carboxylic acids is 1. The fourth-order valence-electron chi connectivity index (χ4n) is 3.44. The number of hydrogen-bond acceptors (Lipinski definition) is 4. The molecule has 0 bridgehead atoms. The lowest BCUT2D eigenvalue weighted by atomic mass is 10.2. The summed E-state index contributed by atoms with van der Waals surface area (Å²) < 4.78 is 4.29. The smallest absolute Gasteiger partial charge is 0.333 e. The zero-order chi connectivity index (χ0) is 21.8. The number of amides is 1. The summed E-state index contributed by atoms with van der Waals surface area (Å²) in [5, 5.41) is 2.78. The van der Waals surface area contributed by atoms with Gasteiger partial charge in [-0.1, -0.05) is 58.0 Å². The van der Waals surface area contributed by atoms with Crippen LogP contribution in [0.5, 0.6) is 0 Å². The molecule has 3 rings (SSSR count). The van der Waals surface area contributed by atoms with Gasteiger partial charge < -0.3 is 9.88 Å². The molecule has 1 aromatic carbocycles. The second kappa shape index (κ2) is 9.11. The Balaban J connectivity index is 1.99. The van der Waals surface area contributed by atoms with E-state index >= 15 is 0 Å². The number of fused-ring (bicyclic) bond motifs is 1. The van der Waals surface area contributed by atoms with E-state index in [-0.39, 0.29) is 18.4 Å². The van der Waals surface area contributed by atoms with Crippen LogP contribution in [-0.4, -0.2) is 24.6 Å². The van der Waals surface area contributed by atoms with Crippen LogP contribution < -0.4 is 16.6 Å². The second-order valence-corrected chi connectivity index (χ2v) is 8.40. The van der Waals surface area contributed by atoms with Gasteiger partial charge in [0.1, 0.15) is 6.54 Å². The van der Waals surface area contributed by atoms with Crippen LogP contribution in [0.3, 0.4) is 0 Å². The summed E-state index contributed by atoms with van der Waals surface area (Å²) in [5.74, 6) is 0.0948. The van der Waals surface area contributed by atoms with Crippen molar-refractivity contribution < 1.29 is 4.79 Å². The average Bonchev–Trinajstić information content (AvgIpc) is 3.10. The van der Waals surface area contributed by atoms with E-state index in [1.165, 1.54) is 4.57 Å². The summed E-state index contributed by atoms with van der Waals surface area (Å²) in [6.45, 7) is 9.10. The summed E-state index contributed by atoms with van der Waals surface area (Å²) >= 11 is 0. The summed E-state index contributed by atoms with van der Waals surface area (Å²) in [5.41, 5.74) is 0.690. The molecule has 0 atom stereocenters. The van der Waals surface area contributed by atoms with Crippen LogP contribution in [0.25, 0.3) is 11.2 Å². The van der Waals surface area contributed by atoms with Crippen LogP contribution in [-0.2, 0) is 31.0 Å². The molecule has 0 spiro atoms. The van der Waals surface area contributed by atoms with Gasteiger partial charge in [-0.3, -0.25) is 14.2 Å². The van der Waals surface area contributed by atoms with E-state index in [9.17, 15) is 14.4 Å². The molecule has 1 amide bonds. The van der Waals surface area contributed by atoms with E-state index in [0.29, 0.717) is 36.7 Å². The first-order valence-electron chi connectivity index (χ1n) is 10.3. The number of aromatic nitrogens is 4. The van der Waals surface area contributed by atoms with Gasteiger partial charge in [0, 0.05) is 19.6 Å². The molecule has 0 saturated carbocycles. The van der Waals surface area contributed by atoms with Gasteiger partial charge in [0.2, 0.25) is 5.91 Å². The summed E-state index contributed by atoms with van der Waals surface area (Å²) in [6.07, 6.45) is 1.60. The van der Waals surface area contributed by atoms with Crippen LogP contribution in [0.15, 0.2) is 46.2 Å². The van der Waals surface area contributed by atoms with Gasteiger partial charge in [-0.15, -0.1) is 0 Å². The SMILES string of the molecule is CC(C)Cn1cnc2c1c(=O)n(CC(=O)NCc1ccccc1)c(=O)n2CC(C)C. The highest BCUT2D eigenvalue weighted by molar-refractivity contribution is 5.76. The highest BCUT2D eigenvalue weighted by atomic mass is 16.2. The maximum Gasteiger partial charge on any atom is 0.333 e. The Morgan fingerprint density at radius 1 is 1.00 bits per heavy atom. The Bertz CT molecular complexity index is 1140. The van der Waals surface area contributed by atoms with Gasteiger partial charge >= 0.3 is 5.69 Å². The van der Waals surface area contributed by atoms with E-state index in [0.717, 1.165) is 10.1 Å². The van der Waals surface area contributed by atoms with Crippen LogP contribution in [0.2, 0.25) is 0 Å². The molecule has 0 aliphatic rings. The highest BCUT2D eigenvalue weighted by Crippen LogP contribution is 2.11. The highest BCUT2D eigenvalue weighted by Gasteiger charge is 2.20. The molecule has 8 nitrogen and oxygen atoms in total. The van der Waals surface area contributed by atoms with Crippen LogP contribution in [0.4, 0.5) is 0 Å². The molecule has 0 saturated heterocycles. The van der Waals surface area contributed by atoms with Crippen molar-refractivity contribution in [2.75, 3.05) is 0 Å². The maximum atomic E-state index is 13.2. The van der Waals surface area contributed by atoms with Gasteiger partial charge in [-0.05, 0) is 17.4 Å². The third-order valence-electron chi connectivity index (χ3n) is 4.73. The standard InChI is InChI=1S/C22H29N5O3/c1-15(2)11-25-14-24-20-19(25)21(29)27(22(30)26(20)12-16(3)4)13-18(28)23-10-17-8-6-5-7-9-17/h5-9,14-16H,10-13H2,1-4H3,(H,23,28). The minimum absolute atomic E-state index is 0.180. The quantitative estimate of drug-likeness (QED) is 0.614. The predicted molar refractivity (Wildman–Crippen MR) is 116 cm³/mol. The Kier molecular flexibility index (Phi) is 6.54. The Morgan fingerprint density at radius 2 is 1.67 bits per heavy atom. The van der Waals surface area contributed by atoms with Gasteiger partial charge in [0.15, 0.2) is 11.2 Å². The van der Waals surface area contributed by atoms with E-state index in [1.54, 1.807) is 10.9 Å². The first-order chi connectivity index (χ1) is 14.3. The van der Waals surface area contributed by atoms with Crippen molar-refractivity contribution >= 4 is 17.1 Å². The van der Waals surface area contributed by atoms with E-state index in [1.807, 2.05) is 58.0 Å². The molecule has 0 fully saturated rings. The molecule has 160 valence electrons. The molecular formula is C22H29N5O3. The lowest BCUT2D eigenvalue weighted by molar-refractivity contribution is -0.121. The van der Waals surface area contributed by atoms with Crippen molar-refractivity contribution in [1.82, 2.24) is 24.0 Å². The van der Waals surface area contributed by atoms with Crippen LogP contribution in [0.1, 0.15) is 33.3 Å². The molecule has 0 radical (unpaired) electrons. The van der Waals surface area contributed by atoms with Crippen molar-refractivity contribution in [3.63, 3.8) is 0 Å². The number of hydrogen-bond donors (Lipinski definition) is 1. The minimum Gasteiger partial charge on any atom is -0.350 e. The lowest BCUT2D eigenvalue weighted by Crippen LogP contribution is -2.44. The minimum atomic E-state index is -0.508. The van der Waals surface area contributed by atoms with E-state index in [2.05, 4.69) is 10.3 Å². The molecular weight excluding hydrogens is 382 g/mol. The van der Waals surface area contributed by atoms with Crippen LogP contribution in [0, 0.1) is 11.8 Å². The van der Waals surface area contributed by atoms with Gasteiger partial charge in [0.25, 0.3) is 5.56 Å². The fraction of sp³-hybridized carbons (Fsp3) is 0.455. The third-order valence-corrected chi connectivity index (χ3v) is 4.73. The second-order valence-electron chi connectivity index (χ2n) is 8.40. The summed E-state index contributed by atoms with van der Waals surface area (Å²) in [4.78, 5) is 43.1. The number of nitrogens with one attached hydrogen (secondary N) is 1. The van der Waals surface area contributed by atoms with Gasteiger partial charge in [-0.25, -0.2) is 14.3 Å². The maximum absolute atomic E-state index is 13.2. The zero-order valence-electron chi connectivity index (χ0n) is 18.0. The van der Waals surface area contributed by atoms with Crippen molar-refractivity contribution in [1.29, 1.82) is 0 Å². The molecule has 0 aliphatic carbocycles. The molecule has 2 aromatic heterocycles. The Hall–Kier alpha value is -3.16. The largest absolute Gasteiger partial charge is 0.350 e. The van der Waals surface area contributed by atoms with E-state index < -0.39 is 11.2 Å². The van der Waals surface area contributed by atoms with E-state index in [4.69, 9.17) is 0 Å². The van der Waals surface area contributed by atoms with Gasteiger partial charge in [0.05, 0.1) is 6.33 Å². The molecule has 0 aliphatic heterocycles. The molecule has 30 heavy (non-hydrogen) atoms. The van der Waals surface area contributed by atoms with Crippen molar-refractivity contribution in [3.8, 4) is 0 Å². The van der Waals surface area contributed by atoms with Gasteiger partial charge in [-0.2, -0.15) is 0 Å². The Labute approximate surface area is 175 Å². The van der Waals surface area contributed by atoms with Crippen LogP contribution >= 0.6 is 0 Å². The normalized spacial score (nSPS) is 11.5. The molecule has 1 N–H and O–H groups in total. The number of benzene rings is 1. The summed E-state index contributed by atoms with van der Waals surface area (Å²) in [6, 6.07) is 9.48. The van der Waals surface area contributed by atoms with Crippen molar-refractivity contribution in [3.05, 3.63) is 63.1 Å².